The van der Waals surface area contributed by atoms with Gasteiger partial charge in [-0.3, -0.25) is 0 Å². The largest absolute Gasteiger partial charge is 0.396 e. The fourth-order valence-electron chi connectivity index (χ4n) is 1.94. The van der Waals surface area contributed by atoms with Crippen LogP contribution in [0.25, 0.3) is 0 Å². The van der Waals surface area contributed by atoms with Gasteiger partial charge in [0.15, 0.2) is 0 Å². The van der Waals surface area contributed by atoms with Crippen molar-refractivity contribution in [2.24, 2.45) is 11.8 Å². The standard InChI is InChI=1S/C9H18O2/c1-7(6-10)8-4-2-3-5-9(8)11/h7-11H,2-6H2,1H3/t7?,8-,9+/m1/s1. The molecule has 0 aromatic carbocycles. The van der Waals surface area contributed by atoms with Gasteiger partial charge >= 0.3 is 0 Å². The van der Waals surface area contributed by atoms with E-state index in [2.05, 4.69) is 0 Å². The van der Waals surface area contributed by atoms with Crippen LogP contribution in [-0.4, -0.2) is 22.9 Å². The van der Waals surface area contributed by atoms with Crippen LogP contribution in [0, 0.1) is 11.8 Å². The minimum atomic E-state index is -0.161. The van der Waals surface area contributed by atoms with Gasteiger partial charge in [0.05, 0.1) is 6.10 Å². The molecule has 0 aliphatic heterocycles. The van der Waals surface area contributed by atoms with E-state index in [0.29, 0.717) is 5.92 Å². The number of hydrogen-bond acceptors (Lipinski definition) is 2. The van der Waals surface area contributed by atoms with Gasteiger partial charge in [0.1, 0.15) is 0 Å². The molecule has 1 saturated carbocycles. The molecule has 0 aromatic heterocycles. The third-order valence-corrected chi connectivity index (χ3v) is 2.80. The molecule has 0 aromatic rings. The van der Waals surface area contributed by atoms with Gasteiger partial charge < -0.3 is 10.2 Å². The summed E-state index contributed by atoms with van der Waals surface area (Å²) in [5.41, 5.74) is 0. The normalized spacial score (nSPS) is 35.2. The predicted octanol–water partition coefficient (Wildman–Crippen LogP) is 1.17. The van der Waals surface area contributed by atoms with Crippen LogP contribution >= 0.6 is 0 Å². The van der Waals surface area contributed by atoms with E-state index in [1.807, 2.05) is 6.92 Å². The summed E-state index contributed by atoms with van der Waals surface area (Å²) in [4.78, 5) is 0. The molecule has 11 heavy (non-hydrogen) atoms. The Hall–Kier alpha value is -0.0800. The number of aliphatic hydroxyl groups is 2. The Morgan fingerprint density at radius 1 is 1.36 bits per heavy atom. The zero-order chi connectivity index (χ0) is 8.27. The lowest BCUT2D eigenvalue weighted by Gasteiger charge is -2.31. The Morgan fingerprint density at radius 3 is 2.55 bits per heavy atom. The molecular weight excluding hydrogens is 140 g/mol. The fraction of sp³-hybridized carbons (Fsp3) is 1.00. The van der Waals surface area contributed by atoms with Gasteiger partial charge in [0, 0.05) is 6.61 Å². The average Bonchev–Trinajstić information content (AvgIpc) is 2.04. The molecule has 2 nitrogen and oxygen atoms in total. The van der Waals surface area contributed by atoms with Gasteiger partial charge in [-0.1, -0.05) is 19.8 Å². The van der Waals surface area contributed by atoms with E-state index in [4.69, 9.17) is 5.11 Å². The molecule has 1 fully saturated rings. The molecule has 0 heterocycles. The van der Waals surface area contributed by atoms with Gasteiger partial charge in [-0.2, -0.15) is 0 Å². The minimum Gasteiger partial charge on any atom is -0.396 e. The van der Waals surface area contributed by atoms with Crippen molar-refractivity contribution >= 4 is 0 Å². The summed E-state index contributed by atoms with van der Waals surface area (Å²) in [6.07, 6.45) is 4.21. The van der Waals surface area contributed by atoms with Gasteiger partial charge in [-0.15, -0.1) is 0 Å². The van der Waals surface area contributed by atoms with Crippen LogP contribution < -0.4 is 0 Å². The van der Waals surface area contributed by atoms with Crippen molar-refractivity contribution < 1.29 is 10.2 Å². The Labute approximate surface area is 68.2 Å². The Bertz CT molecular complexity index is 110. The van der Waals surface area contributed by atoms with E-state index in [1.54, 1.807) is 0 Å². The van der Waals surface area contributed by atoms with Crippen molar-refractivity contribution in [3.63, 3.8) is 0 Å². The van der Waals surface area contributed by atoms with Crippen LogP contribution in [0.5, 0.6) is 0 Å². The molecule has 1 aliphatic rings. The van der Waals surface area contributed by atoms with Crippen molar-refractivity contribution in [2.75, 3.05) is 6.61 Å². The first kappa shape index (κ1) is 9.01. The zero-order valence-corrected chi connectivity index (χ0v) is 7.16. The molecule has 3 atom stereocenters. The summed E-state index contributed by atoms with van der Waals surface area (Å²) in [5.74, 6) is 0.610. The maximum atomic E-state index is 9.56. The second-order valence-corrected chi connectivity index (χ2v) is 3.68. The molecule has 0 radical (unpaired) electrons. The zero-order valence-electron chi connectivity index (χ0n) is 7.16. The SMILES string of the molecule is CC(CO)[C@H]1CCCC[C@@H]1O. The van der Waals surface area contributed by atoms with Gasteiger partial charge in [0.25, 0.3) is 0 Å². The van der Waals surface area contributed by atoms with Crippen LogP contribution in [0.4, 0.5) is 0 Å². The summed E-state index contributed by atoms with van der Waals surface area (Å²) in [6.45, 7) is 2.22. The minimum absolute atomic E-state index is 0.161. The fourth-order valence-corrected chi connectivity index (χ4v) is 1.94. The molecule has 2 N–H and O–H groups in total. The highest BCUT2D eigenvalue weighted by Crippen LogP contribution is 2.29. The molecule has 0 amide bonds. The maximum absolute atomic E-state index is 9.56. The lowest BCUT2D eigenvalue weighted by molar-refractivity contribution is 0.0241. The van der Waals surface area contributed by atoms with Crippen molar-refractivity contribution in [1.29, 1.82) is 0 Å². The average molecular weight is 158 g/mol. The highest BCUT2D eigenvalue weighted by Gasteiger charge is 2.27. The van der Waals surface area contributed by atoms with E-state index >= 15 is 0 Å². The van der Waals surface area contributed by atoms with E-state index in [9.17, 15) is 5.11 Å². The molecule has 1 rings (SSSR count). The lowest BCUT2D eigenvalue weighted by Crippen LogP contribution is -2.31. The van der Waals surface area contributed by atoms with Crippen LogP contribution in [0.3, 0.4) is 0 Å². The Kier molecular flexibility index (Phi) is 3.34. The van der Waals surface area contributed by atoms with Crippen LogP contribution in [0.15, 0.2) is 0 Å². The van der Waals surface area contributed by atoms with Crippen LogP contribution in [0.1, 0.15) is 32.6 Å². The van der Waals surface area contributed by atoms with E-state index in [0.717, 1.165) is 19.3 Å². The molecule has 1 aliphatic carbocycles. The summed E-state index contributed by atoms with van der Waals surface area (Å²) >= 11 is 0. The second kappa shape index (κ2) is 4.07. The molecule has 2 heteroatoms. The first-order valence-corrected chi connectivity index (χ1v) is 4.54. The molecular formula is C9H18O2. The molecule has 66 valence electrons. The van der Waals surface area contributed by atoms with Crippen molar-refractivity contribution in [3.8, 4) is 0 Å². The van der Waals surface area contributed by atoms with E-state index < -0.39 is 0 Å². The first-order valence-electron chi connectivity index (χ1n) is 4.54. The van der Waals surface area contributed by atoms with Gasteiger partial charge in [0.2, 0.25) is 0 Å². The topological polar surface area (TPSA) is 40.5 Å². The summed E-state index contributed by atoms with van der Waals surface area (Å²) in [5, 5.41) is 18.5. The van der Waals surface area contributed by atoms with E-state index in [-0.39, 0.29) is 18.6 Å². The van der Waals surface area contributed by atoms with Crippen molar-refractivity contribution in [3.05, 3.63) is 0 Å². The molecule has 0 bridgehead atoms. The molecule has 0 spiro atoms. The molecule has 0 saturated heterocycles. The lowest BCUT2D eigenvalue weighted by atomic mass is 9.79. The van der Waals surface area contributed by atoms with Gasteiger partial charge in [-0.05, 0) is 24.7 Å². The number of hydrogen-bond donors (Lipinski definition) is 2. The summed E-state index contributed by atoms with van der Waals surface area (Å²) < 4.78 is 0. The van der Waals surface area contributed by atoms with Crippen LogP contribution in [0.2, 0.25) is 0 Å². The number of aliphatic hydroxyl groups excluding tert-OH is 2. The van der Waals surface area contributed by atoms with Gasteiger partial charge in [-0.25, -0.2) is 0 Å². The summed E-state index contributed by atoms with van der Waals surface area (Å²) in [6, 6.07) is 0. The monoisotopic (exact) mass is 158 g/mol. The smallest absolute Gasteiger partial charge is 0.0571 e. The third kappa shape index (κ3) is 2.17. The van der Waals surface area contributed by atoms with Crippen molar-refractivity contribution in [2.45, 2.75) is 38.7 Å². The number of rotatable bonds is 2. The maximum Gasteiger partial charge on any atom is 0.0571 e. The quantitative estimate of drug-likeness (QED) is 0.633. The first-order chi connectivity index (χ1) is 5.25. The highest BCUT2D eigenvalue weighted by atomic mass is 16.3. The van der Waals surface area contributed by atoms with Crippen molar-refractivity contribution in [1.82, 2.24) is 0 Å². The summed E-state index contributed by atoms with van der Waals surface area (Å²) in [7, 11) is 0. The highest BCUT2D eigenvalue weighted by molar-refractivity contribution is 4.77. The Balaban J connectivity index is 2.40. The Morgan fingerprint density at radius 2 is 2.00 bits per heavy atom. The molecule has 1 unspecified atom stereocenters. The second-order valence-electron chi connectivity index (χ2n) is 3.68. The van der Waals surface area contributed by atoms with Crippen LogP contribution in [-0.2, 0) is 0 Å². The third-order valence-electron chi connectivity index (χ3n) is 2.80. The van der Waals surface area contributed by atoms with E-state index in [1.165, 1.54) is 6.42 Å². The predicted molar refractivity (Wildman–Crippen MR) is 44.2 cm³/mol.